The Morgan fingerprint density at radius 1 is 1.24 bits per heavy atom. The predicted octanol–water partition coefficient (Wildman–Crippen LogP) is 1.93. The molecule has 0 radical (unpaired) electrons. The number of likely N-dealkylation sites (tertiary alicyclic amines) is 1. The third-order valence-electron chi connectivity index (χ3n) is 5.69. The van der Waals surface area contributed by atoms with Crippen molar-refractivity contribution in [3.63, 3.8) is 0 Å². The number of aromatic nitrogens is 2. The van der Waals surface area contributed by atoms with Gasteiger partial charge in [0, 0.05) is 44.5 Å². The number of piperidine rings is 1. The summed E-state index contributed by atoms with van der Waals surface area (Å²) in [6, 6.07) is -1.13. The van der Waals surface area contributed by atoms with Gasteiger partial charge < -0.3 is 20.4 Å². The minimum absolute atomic E-state index is 0.0733. The highest BCUT2D eigenvalue weighted by molar-refractivity contribution is 5.77. The lowest BCUT2D eigenvalue weighted by Crippen LogP contribution is -2.54. The first kappa shape index (κ1) is 25.9. The molecule has 3 rings (SSSR count). The van der Waals surface area contributed by atoms with Crippen molar-refractivity contribution in [1.29, 1.82) is 0 Å². The second-order valence-corrected chi connectivity index (χ2v) is 8.26. The molecule has 2 aliphatic heterocycles. The summed E-state index contributed by atoms with van der Waals surface area (Å²) in [4.78, 5) is 32.3. The van der Waals surface area contributed by atoms with Crippen molar-refractivity contribution in [3.8, 4) is 0 Å². The zero-order valence-corrected chi connectivity index (χ0v) is 17.8. The lowest BCUT2D eigenvalue weighted by Gasteiger charge is -2.37. The fourth-order valence-corrected chi connectivity index (χ4v) is 4.13. The van der Waals surface area contributed by atoms with Gasteiger partial charge in [-0.25, -0.2) is 27.9 Å². The number of carbonyl (C=O) groups is 2. The van der Waals surface area contributed by atoms with Crippen LogP contribution in [-0.2, 0) is 30.6 Å². The summed E-state index contributed by atoms with van der Waals surface area (Å²) < 4.78 is 80.4. The maximum absolute atomic E-state index is 13.7. The van der Waals surface area contributed by atoms with Gasteiger partial charge in [-0.1, -0.05) is 0 Å². The Morgan fingerprint density at radius 2 is 1.94 bits per heavy atom. The van der Waals surface area contributed by atoms with Crippen LogP contribution >= 0.6 is 0 Å². The van der Waals surface area contributed by atoms with E-state index in [-0.39, 0.29) is 37.2 Å². The van der Waals surface area contributed by atoms with Crippen molar-refractivity contribution >= 4 is 12.0 Å². The van der Waals surface area contributed by atoms with E-state index in [1.807, 2.05) is 0 Å². The quantitative estimate of drug-likeness (QED) is 0.491. The van der Waals surface area contributed by atoms with Crippen LogP contribution in [0.2, 0.25) is 0 Å². The molecule has 1 unspecified atom stereocenters. The second-order valence-electron chi connectivity index (χ2n) is 8.26. The van der Waals surface area contributed by atoms with Gasteiger partial charge in [-0.15, -0.1) is 0 Å². The third-order valence-corrected chi connectivity index (χ3v) is 5.69. The summed E-state index contributed by atoms with van der Waals surface area (Å²) in [6.45, 7) is -3.00. The van der Waals surface area contributed by atoms with Crippen molar-refractivity contribution in [2.75, 3.05) is 19.6 Å². The summed E-state index contributed by atoms with van der Waals surface area (Å²) >= 11 is 0. The molecule has 0 saturated carbocycles. The molecule has 0 spiro atoms. The van der Waals surface area contributed by atoms with Gasteiger partial charge in [-0.2, -0.15) is 13.2 Å². The van der Waals surface area contributed by atoms with E-state index in [2.05, 4.69) is 15.3 Å². The average molecular weight is 499 g/mol. The number of nitrogens with one attached hydrogen (secondary N) is 1. The molecule has 3 N–H and O–H groups in total. The number of rotatable bonds is 7. The SMILES string of the molecule is O=C(O)N[C@@H](CC(O)N1CCc2c(nc(CF)nc2C(F)(F)F)C1)CN1CC(F)(F)CCC1=O. The van der Waals surface area contributed by atoms with Crippen LogP contribution in [0.3, 0.4) is 0 Å². The summed E-state index contributed by atoms with van der Waals surface area (Å²) in [5.74, 6) is -4.36. The van der Waals surface area contributed by atoms with E-state index in [0.717, 1.165) is 4.90 Å². The minimum Gasteiger partial charge on any atom is -0.465 e. The van der Waals surface area contributed by atoms with Gasteiger partial charge in [0.15, 0.2) is 11.5 Å². The molecule has 1 aromatic heterocycles. The summed E-state index contributed by atoms with van der Waals surface area (Å²) in [5.41, 5.74) is -1.57. The molecule has 190 valence electrons. The van der Waals surface area contributed by atoms with Gasteiger partial charge in [-0.05, 0) is 6.42 Å². The lowest BCUT2D eigenvalue weighted by atomic mass is 10.0. The van der Waals surface area contributed by atoms with Crippen LogP contribution in [0.1, 0.15) is 42.0 Å². The number of fused-ring (bicyclic) bond motifs is 1. The Morgan fingerprint density at radius 3 is 2.56 bits per heavy atom. The first-order valence-electron chi connectivity index (χ1n) is 10.4. The Balaban J connectivity index is 1.74. The van der Waals surface area contributed by atoms with Gasteiger partial charge in [-0.3, -0.25) is 9.69 Å². The topological polar surface area (TPSA) is 119 Å². The zero-order chi connectivity index (χ0) is 25.3. The number of alkyl halides is 6. The fraction of sp³-hybridized carbons (Fsp3) is 0.684. The van der Waals surface area contributed by atoms with Crippen molar-refractivity contribution in [2.45, 2.75) is 63.3 Å². The first-order valence-corrected chi connectivity index (χ1v) is 10.4. The Bertz CT molecular complexity index is 931. The molecule has 2 amide bonds. The van der Waals surface area contributed by atoms with Gasteiger partial charge in [0.2, 0.25) is 5.91 Å². The van der Waals surface area contributed by atoms with E-state index in [9.17, 15) is 41.0 Å². The molecule has 0 aliphatic carbocycles. The van der Waals surface area contributed by atoms with Gasteiger partial charge in [0.1, 0.15) is 12.9 Å². The number of carboxylic acid groups (broad SMARTS) is 1. The maximum Gasteiger partial charge on any atom is 0.433 e. The number of nitrogens with zero attached hydrogens (tertiary/aromatic N) is 4. The van der Waals surface area contributed by atoms with Crippen LogP contribution in [0.5, 0.6) is 0 Å². The number of hydrogen-bond donors (Lipinski definition) is 3. The third kappa shape index (κ3) is 6.25. The van der Waals surface area contributed by atoms with Crippen molar-refractivity contribution in [1.82, 2.24) is 25.1 Å². The van der Waals surface area contributed by atoms with Gasteiger partial charge in [0.25, 0.3) is 5.92 Å². The van der Waals surface area contributed by atoms with Crippen molar-refractivity contribution < 1.29 is 46.1 Å². The summed E-state index contributed by atoms with van der Waals surface area (Å²) in [5, 5.41) is 21.8. The Labute approximate surface area is 189 Å². The molecule has 1 aromatic rings. The van der Waals surface area contributed by atoms with E-state index in [1.165, 1.54) is 4.90 Å². The highest BCUT2D eigenvalue weighted by atomic mass is 19.4. The lowest BCUT2D eigenvalue weighted by molar-refractivity contribution is -0.148. The second kappa shape index (κ2) is 9.90. The minimum atomic E-state index is -4.82. The first-order chi connectivity index (χ1) is 15.8. The summed E-state index contributed by atoms with van der Waals surface area (Å²) in [6.07, 6.45) is -9.31. The van der Waals surface area contributed by atoms with Gasteiger partial charge >= 0.3 is 12.3 Å². The van der Waals surface area contributed by atoms with Crippen LogP contribution in [0.15, 0.2) is 0 Å². The Kier molecular flexibility index (Phi) is 7.55. The maximum atomic E-state index is 13.7. The van der Waals surface area contributed by atoms with E-state index in [0.29, 0.717) is 0 Å². The van der Waals surface area contributed by atoms with Crippen molar-refractivity contribution in [2.24, 2.45) is 0 Å². The number of aliphatic hydroxyl groups is 1. The smallest absolute Gasteiger partial charge is 0.433 e. The predicted molar refractivity (Wildman–Crippen MR) is 102 cm³/mol. The molecular weight excluding hydrogens is 476 g/mol. The number of amides is 2. The molecule has 3 heterocycles. The van der Waals surface area contributed by atoms with E-state index >= 15 is 0 Å². The standard InChI is InChI=1S/C19H23F6N5O4/c20-6-13-27-12-8-29(4-2-11(12)16(28-13)19(23,24)25)15(32)5-10(26-17(33)34)7-30-9-18(21,22)3-1-14(30)31/h10,15,26,32H,1-9H2,(H,33,34)/t10-,15?/m0/s1. The monoisotopic (exact) mass is 499 g/mol. The highest BCUT2D eigenvalue weighted by Crippen LogP contribution is 2.34. The zero-order valence-electron chi connectivity index (χ0n) is 17.8. The molecule has 15 heteroatoms. The number of carbonyl (C=O) groups excluding carboxylic acids is 1. The van der Waals surface area contributed by atoms with Crippen LogP contribution < -0.4 is 5.32 Å². The van der Waals surface area contributed by atoms with Crippen LogP contribution in [0.25, 0.3) is 0 Å². The van der Waals surface area contributed by atoms with Crippen LogP contribution in [0.4, 0.5) is 31.1 Å². The number of halogens is 6. The van der Waals surface area contributed by atoms with E-state index < -0.39 is 80.5 Å². The molecule has 1 fully saturated rings. The largest absolute Gasteiger partial charge is 0.465 e. The van der Waals surface area contributed by atoms with E-state index in [1.54, 1.807) is 0 Å². The van der Waals surface area contributed by atoms with Crippen LogP contribution in [0, 0.1) is 0 Å². The molecule has 1 saturated heterocycles. The van der Waals surface area contributed by atoms with Crippen LogP contribution in [-0.4, -0.2) is 79.8 Å². The number of aliphatic hydroxyl groups excluding tert-OH is 1. The normalized spacial score (nSPS) is 20.6. The van der Waals surface area contributed by atoms with Gasteiger partial charge in [0.05, 0.1) is 18.3 Å². The molecule has 34 heavy (non-hydrogen) atoms. The summed E-state index contributed by atoms with van der Waals surface area (Å²) in [7, 11) is 0. The van der Waals surface area contributed by atoms with Crippen molar-refractivity contribution in [3.05, 3.63) is 22.8 Å². The van der Waals surface area contributed by atoms with E-state index in [4.69, 9.17) is 5.11 Å². The molecular formula is C19H23F6N5O4. The molecule has 0 bridgehead atoms. The molecule has 2 atom stereocenters. The number of hydrogen-bond acceptors (Lipinski definition) is 6. The Hall–Kier alpha value is -2.68. The molecule has 9 nitrogen and oxygen atoms in total. The molecule has 2 aliphatic rings. The highest BCUT2D eigenvalue weighted by Gasteiger charge is 2.41. The average Bonchev–Trinajstić information content (AvgIpc) is 2.73. The molecule has 0 aromatic carbocycles. The fourth-order valence-electron chi connectivity index (χ4n) is 4.13.